The minimum atomic E-state index is -0.423. The average Bonchev–Trinajstić information content (AvgIpc) is 2.72. The molecule has 3 atom stereocenters. The van der Waals surface area contributed by atoms with Crippen LogP contribution in [-0.4, -0.2) is 11.7 Å². The van der Waals surface area contributed by atoms with Gasteiger partial charge in [0.15, 0.2) is 0 Å². The second-order valence-corrected chi connectivity index (χ2v) is 6.12. The molecule has 0 amide bonds. The molecular formula is C16H25NO. The summed E-state index contributed by atoms with van der Waals surface area (Å²) >= 11 is 0. The van der Waals surface area contributed by atoms with Gasteiger partial charge in [-0.3, -0.25) is 0 Å². The largest absolute Gasteiger partial charge is 0.388 e. The molecule has 0 radical (unpaired) electrons. The molecule has 1 saturated carbocycles. The summed E-state index contributed by atoms with van der Waals surface area (Å²) in [5.74, 6) is 0.674. The fourth-order valence-electron chi connectivity index (χ4n) is 3.54. The highest BCUT2D eigenvalue weighted by molar-refractivity contribution is 5.36. The molecule has 0 aliphatic heterocycles. The lowest BCUT2D eigenvalue weighted by Gasteiger charge is -2.35. The van der Waals surface area contributed by atoms with Crippen molar-refractivity contribution in [1.29, 1.82) is 0 Å². The summed E-state index contributed by atoms with van der Waals surface area (Å²) in [5, 5.41) is 10.9. The van der Waals surface area contributed by atoms with E-state index in [1.54, 1.807) is 0 Å². The van der Waals surface area contributed by atoms with Crippen LogP contribution in [0, 0.1) is 25.2 Å². The monoisotopic (exact) mass is 247 g/mol. The van der Waals surface area contributed by atoms with Crippen molar-refractivity contribution in [2.75, 3.05) is 6.54 Å². The Morgan fingerprint density at radius 2 is 2.00 bits per heavy atom. The summed E-state index contributed by atoms with van der Waals surface area (Å²) in [5.41, 5.74) is 9.34. The first-order valence-corrected chi connectivity index (χ1v) is 6.94. The van der Waals surface area contributed by atoms with Crippen molar-refractivity contribution in [1.82, 2.24) is 0 Å². The van der Waals surface area contributed by atoms with E-state index in [1.807, 2.05) is 6.07 Å². The van der Waals surface area contributed by atoms with Crippen LogP contribution in [0.1, 0.15) is 49.0 Å². The van der Waals surface area contributed by atoms with E-state index in [1.165, 1.54) is 17.5 Å². The van der Waals surface area contributed by atoms with Crippen molar-refractivity contribution >= 4 is 0 Å². The first-order valence-electron chi connectivity index (χ1n) is 6.94. The molecule has 0 aromatic heterocycles. The lowest BCUT2D eigenvalue weighted by atomic mass is 9.75. The fourth-order valence-corrected chi connectivity index (χ4v) is 3.54. The van der Waals surface area contributed by atoms with Crippen LogP contribution in [0.4, 0.5) is 0 Å². The summed E-state index contributed by atoms with van der Waals surface area (Å²) in [7, 11) is 0. The van der Waals surface area contributed by atoms with Crippen LogP contribution in [0.2, 0.25) is 0 Å². The summed E-state index contributed by atoms with van der Waals surface area (Å²) < 4.78 is 0. The van der Waals surface area contributed by atoms with Crippen molar-refractivity contribution in [3.05, 3.63) is 34.9 Å². The summed E-state index contributed by atoms with van der Waals surface area (Å²) in [6.07, 6.45) is 2.84. The Kier molecular flexibility index (Phi) is 3.79. The lowest BCUT2D eigenvalue weighted by Crippen LogP contribution is -2.35. The molecule has 3 unspecified atom stereocenters. The molecule has 0 spiro atoms. The van der Waals surface area contributed by atoms with Crippen molar-refractivity contribution in [2.24, 2.45) is 17.1 Å². The molecule has 0 heterocycles. The lowest BCUT2D eigenvalue weighted by molar-refractivity contribution is 0.0298. The molecule has 2 rings (SSSR count). The van der Waals surface area contributed by atoms with Gasteiger partial charge in [0.2, 0.25) is 0 Å². The van der Waals surface area contributed by atoms with Gasteiger partial charge in [0.1, 0.15) is 0 Å². The highest BCUT2D eigenvalue weighted by Crippen LogP contribution is 2.50. The van der Waals surface area contributed by atoms with E-state index in [-0.39, 0.29) is 5.41 Å². The molecular weight excluding hydrogens is 222 g/mol. The highest BCUT2D eigenvalue weighted by Gasteiger charge is 2.43. The second kappa shape index (κ2) is 5.02. The van der Waals surface area contributed by atoms with Crippen LogP contribution in [0.3, 0.4) is 0 Å². The summed E-state index contributed by atoms with van der Waals surface area (Å²) in [6.45, 7) is 6.99. The zero-order chi connectivity index (χ0) is 13.3. The normalized spacial score (nSPS) is 29.5. The van der Waals surface area contributed by atoms with E-state index < -0.39 is 6.10 Å². The molecule has 100 valence electrons. The maximum absolute atomic E-state index is 10.9. The number of aliphatic hydroxyl groups excluding tert-OH is 1. The molecule has 0 bridgehead atoms. The van der Waals surface area contributed by atoms with Gasteiger partial charge in [0.25, 0.3) is 0 Å². The van der Waals surface area contributed by atoms with E-state index in [4.69, 9.17) is 5.73 Å². The van der Waals surface area contributed by atoms with E-state index in [0.717, 1.165) is 18.4 Å². The second-order valence-electron chi connectivity index (χ2n) is 6.12. The van der Waals surface area contributed by atoms with Gasteiger partial charge in [-0.1, -0.05) is 31.5 Å². The Morgan fingerprint density at radius 1 is 1.39 bits per heavy atom. The van der Waals surface area contributed by atoms with E-state index in [2.05, 4.69) is 32.9 Å². The maximum atomic E-state index is 10.9. The molecule has 2 nitrogen and oxygen atoms in total. The van der Waals surface area contributed by atoms with Gasteiger partial charge < -0.3 is 10.8 Å². The molecule has 2 heteroatoms. The molecule has 18 heavy (non-hydrogen) atoms. The van der Waals surface area contributed by atoms with Crippen molar-refractivity contribution < 1.29 is 5.11 Å². The maximum Gasteiger partial charge on any atom is 0.0863 e. The Balaban J connectivity index is 2.38. The minimum absolute atomic E-state index is 0.115. The summed E-state index contributed by atoms with van der Waals surface area (Å²) in [4.78, 5) is 0. The molecule has 1 aromatic rings. The number of nitrogens with two attached hydrogens (primary N) is 1. The Bertz CT molecular complexity index is 409. The van der Waals surface area contributed by atoms with Crippen molar-refractivity contribution in [3.8, 4) is 0 Å². The number of hydrogen-bond donors (Lipinski definition) is 2. The van der Waals surface area contributed by atoms with E-state index in [9.17, 15) is 5.11 Å². The first-order chi connectivity index (χ1) is 8.50. The fraction of sp³-hybridized carbons (Fsp3) is 0.625. The third kappa shape index (κ3) is 2.19. The number of rotatable bonds is 3. The highest BCUT2D eigenvalue weighted by atomic mass is 16.3. The average molecular weight is 247 g/mol. The molecule has 1 aliphatic carbocycles. The van der Waals surface area contributed by atoms with Gasteiger partial charge in [-0.05, 0) is 49.3 Å². The third-order valence-electron chi connectivity index (χ3n) is 4.69. The first kappa shape index (κ1) is 13.6. The van der Waals surface area contributed by atoms with Gasteiger partial charge >= 0.3 is 0 Å². The smallest absolute Gasteiger partial charge is 0.0863 e. The van der Waals surface area contributed by atoms with Crippen LogP contribution >= 0.6 is 0 Å². The topological polar surface area (TPSA) is 46.2 Å². The van der Waals surface area contributed by atoms with Crippen molar-refractivity contribution in [3.63, 3.8) is 0 Å². The minimum Gasteiger partial charge on any atom is -0.388 e. The zero-order valence-corrected chi connectivity index (χ0v) is 11.7. The van der Waals surface area contributed by atoms with E-state index in [0.29, 0.717) is 12.5 Å². The molecule has 1 fully saturated rings. The van der Waals surface area contributed by atoms with Crippen molar-refractivity contribution in [2.45, 2.75) is 46.1 Å². The van der Waals surface area contributed by atoms with Gasteiger partial charge in [-0.25, -0.2) is 0 Å². The Morgan fingerprint density at radius 3 is 2.44 bits per heavy atom. The Hall–Kier alpha value is -0.860. The quantitative estimate of drug-likeness (QED) is 0.862. The van der Waals surface area contributed by atoms with Crippen LogP contribution in [0.5, 0.6) is 0 Å². The number of aryl methyl sites for hydroxylation is 2. The predicted molar refractivity (Wildman–Crippen MR) is 75.4 cm³/mol. The number of benzene rings is 1. The van der Waals surface area contributed by atoms with Gasteiger partial charge in [-0.15, -0.1) is 0 Å². The number of aliphatic hydroxyl groups is 1. The third-order valence-corrected chi connectivity index (χ3v) is 4.69. The van der Waals surface area contributed by atoms with Crippen LogP contribution in [0.15, 0.2) is 18.2 Å². The van der Waals surface area contributed by atoms with Crippen LogP contribution < -0.4 is 5.73 Å². The van der Waals surface area contributed by atoms with Gasteiger partial charge in [-0.2, -0.15) is 0 Å². The van der Waals surface area contributed by atoms with Gasteiger partial charge in [0, 0.05) is 12.0 Å². The zero-order valence-electron chi connectivity index (χ0n) is 11.7. The standard InChI is InChI=1S/C16H25NO/c1-11-7-8-16(9-11,10-17)15(18)14-12(2)5-4-6-13(14)3/h4-6,11,15,18H,7-10,17H2,1-3H3. The SMILES string of the molecule is Cc1cccc(C)c1C(O)C1(CN)CCC(C)C1. The van der Waals surface area contributed by atoms with E-state index >= 15 is 0 Å². The molecule has 1 aliphatic rings. The van der Waals surface area contributed by atoms with Gasteiger partial charge in [0.05, 0.1) is 6.10 Å². The Labute approximate surface area is 110 Å². The van der Waals surface area contributed by atoms with Crippen LogP contribution in [-0.2, 0) is 0 Å². The number of hydrogen-bond acceptors (Lipinski definition) is 2. The van der Waals surface area contributed by atoms with Crippen LogP contribution in [0.25, 0.3) is 0 Å². The molecule has 1 aromatic carbocycles. The molecule has 0 saturated heterocycles. The molecule has 3 N–H and O–H groups in total. The summed E-state index contributed by atoms with van der Waals surface area (Å²) in [6, 6.07) is 6.20. The predicted octanol–water partition coefficient (Wildman–Crippen LogP) is 3.10.